The Morgan fingerprint density at radius 2 is 1.88 bits per heavy atom. The van der Waals surface area contributed by atoms with Gasteiger partial charge in [-0.25, -0.2) is 0 Å². The van der Waals surface area contributed by atoms with Crippen molar-refractivity contribution < 1.29 is 9.21 Å². The van der Waals surface area contributed by atoms with Gasteiger partial charge in [0, 0.05) is 16.3 Å². The van der Waals surface area contributed by atoms with E-state index in [-0.39, 0.29) is 11.7 Å². The van der Waals surface area contributed by atoms with Crippen molar-refractivity contribution in [2.75, 3.05) is 11.1 Å². The summed E-state index contributed by atoms with van der Waals surface area (Å²) in [5, 5.41) is 11.8. The van der Waals surface area contributed by atoms with Crippen LogP contribution in [0.4, 0.5) is 5.69 Å². The highest BCUT2D eigenvalue weighted by Gasteiger charge is 2.13. The van der Waals surface area contributed by atoms with Crippen molar-refractivity contribution >= 4 is 35.0 Å². The van der Waals surface area contributed by atoms with Gasteiger partial charge in [0.15, 0.2) is 0 Å². The number of nitrogens with one attached hydrogen (secondary N) is 1. The normalized spacial score (nSPS) is 10.7. The molecule has 5 nitrogen and oxygen atoms in total. The molecular formula is C18H16ClN3O2S. The second-order valence-corrected chi connectivity index (χ2v) is 6.85. The molecule has 0 spiro atoms. The molecule has 0 aliphatic heterocycles. The van der Waals surface area contributed by atoms with Gasteiger partial charge in [0.1, 0.15) is 0 Å². The zero-order valence-electron chi connectivity index (χ0n) is 13.7. The molecule has 25 heavy (non-hydrogen) atoms. The molecule has 2 aromatic carbocycles. The van der Waals surface area contributed by atoms with Crippen LogP contribution in [0.15, 0.2) is 52.1 Å². The molecule has 0 aliphatic carbocycles. The lowest BCUT2D eigenvalue weighted by Gasteiger charge is -2.10. The quantitative estimate of drug-likeness (QED) is 0.654. The van der Waals surface area contributed by atoms with E-state index in [0.29, 0.717) is 16.1 Å². The van der Waals surface area contributed by atoms with Gasteiger partial charge in [-0.05, 0) is 43.2 Å². The maximum absolute atomic E-state index is 12.2. The molecule has 1 amide bonds. The predicted molar refractivity (Wildman–Crippen MR) is 100 cm³/mol. The third kappa shape index (κ3) is 4.41. The van der Waals surface area contributed by atoms with Crippen LogP contribution in [0.5, 0.6) is 0 Å². The fourth-order valence-electron chi connectivity index (χ4n) is 2.32. The summed E-state index contributed by atoms with van der Waals surface area (Å²) in [5.74, 6) is 0.440. The van der Waals surface area contributed by atoms with Crippen LogP contribution in [0.1, 0.15) is 11.1 Å². The summed E-state index contributed by atoms with van der Waals surface area (Å²) in [4.78, 5) is 12.2. The maximum Gasteiger partial charge on any atom is 0.277 e. The Morgan fingerprint density at radius 3 is 2.60 bits per heavy atom. The van der Waals surface area contributed by atoms with Crippen LogP contribution >= 0.6 is 23.4 Å². The summed E-state index contributed by atoms with van der Waals surface area (Å²) in [6.45, 7) is 3.93. The molecular weight excluding hydrogens is 358 g/mol. The number of benzene rings is 2. The number of anilines is 1. The molecule has 1 N–H and O–H groups in total. The van der Waals surface area contributed by atoms with E-state index < -0.39 is 0 Å². The summed E-state index contributed by atoms with van der Waals surface area (Å²) >= 11 is 7.15. The van der Waals surface area contributed by atoms with Gasteiger partial charge < -0.3 is 9.73 Å². The average molecular weight is 374 g/mol. The molecule has 0 saturated heterocycles. The number of carbonyl (C=O) groups excluding carboxylic acids is 1. The molecule has 128 valence electrons. The second kappa shape index (κ2) is 7.72. The number of hydrogen-bond acceptors (Lipinski definition) is 5. The number of nitrogens with zero attached hydrogens (tertiary/aromatic N) is 2. The SMILES string of the molecule is Cc1cccc(C)c1NC(=O)CSc1nnc(-c2cccc(Cl)c2)o1. The number of hydrogen-bond donors (Lipinski definition) is 1. The summed E-state index contributed by atoms with van der Waals surface area (Å²) in [6.07, 6.45) is 0. The number of aryl methyl sites for hydroxylation is 2. The van der Waals surface area contributed by atoms with E-state index in [1.165, 1.54) is 11.8 Å². The second-order valence-electron chi connectivity index (χ2n) is 5.49. The van der Waals surface area contributed by atoms with Crippen molar-refractivity contribution in [1.82, 2.24) is 10.2 Å². The lowest BCUT2D eigenvalue weighted by molar-refractivity contribution is -0.113. The van der Waals surface area contributed by atoms with Gasteiger partial charge in [0.25, 0.3) is 5.22 Å². The minimum atomic E-state index is -0.120. The van der Waals surface area contributed by atoms with Crippen LogP contribution in [0.3, 0.4) is 0 Å². The van der Waals surface area contributed by atoms with E-state index in [0.717, 1.165) is 22.4 Å². The number of aromatic nitrogens is 2. The van der Waals surface area contributed by atoms with Gasteiger partial charge in [-0.3, -0.25) is 4.79 Å². The summed E-state index contributed by atoms with van der Waals surface area (Å²) in [7, 11) is 0. The Bertz CT molecular complexity index is 891. The lowest BCUT2D eigenvalue weighted by Crippen LogP contribution is -2.15. The number of thioether (sulfide) groups is 1. The van der Waals surface area contributed by atoms with Crippen LogP contribution < -0.4 is 5.32 Å². The highest BCUT2D eigenvalue weighted by Crippen LogP contribution is 2.25. The van der Waals surface area contributed by atoms with Crippen molar-refractivity contribution in [1.29, 1.82) is 0 Å². The van der Waals surface area contributed by atoms with Gasteiger partial charge in [0.05, 0.1) is 5.75 Å². The van der Waals surface area contributed by atoms with Crippen molar-refractivity contribution in [2.24, 2.45) is 0 Å². The van der Waals surface area contributed by atoms with Crippen LogP contribution in [0.2, 0.25) is 5.02 Å². The Hall–Kier alpha value is -2.31. The molecule has 0 atom stereocenters. The molecule has 3 aromatic rings. The van der Waals surface area contributed by atoms with Crippen molar-refractivity contribution in [3.05, 3.63) is 58.6 Å². The minimum absolute atomic E-state index is 0.120. The number of carbonyl (C=O) groups is 1. The maximum atomic E-state index is 12.2. The van der Waals surface area contributed by atoms with Crippen molar-refractivity contribution in [2.45, 2.75) is 19.1 Å². The number of para-hydroxylation sites is 1. The van der Waals surface area contributed by atoms with Gasteiger partial charge in [-0.15, -0.1) is 10.2 Å². The average Bonchev–Trinajstić information content (AvgIpc) is 3.06. The van der Waals surface area contributed by atoms with Gasteiger partial charge in [0.2, 0.25) is 11.8 Å². The largest absolute Gasteiger partial charge is 0.411 e. The molecule has 0 radical (unpaired) electrons. The molecule has 0 saturated carbocycles. The third-order valence-electron chi connectivity index (χ3n) is 3.55. The zero-order chi connectivity index (χ0) is 17.8. The molecule has 7 heteroatoms. The summed E-state index contributed by atoms with van der Waals surface area (Å²) < 4.78 is 5.57. The molecule has 3 rings (SSSR count). The topological polar surface area (TPSA) is 68.0 Å². The lowest BCUT2D eigenvalue weighted by atomic mass is 10.1. The summed E-state index contributed by atoms with van der Waals surface area (Å²) in [5.41, 5.74) is 3.64. The van der Waals surface area contributed by atoms with E-state index in [4.69, 9.17) is 16.0 Å². The Balaban J connectivity index is 1.61. The Labute approximate surface area is 154 Å². The zero-order valence-corrected chi connectivity index (χ0v) is 15.3. The number of amides is 1. The Kier molecular flexibility index (Phi) is 5.40. The molecule has 0 bridgehead atoms. The van der Waals surface area contributed by atoms with E-state index in [1.807, 2.05) is 44.2 Å². The van der Waals surface area contributed by atoms with Crippen molar-refractivity contribution in [3.63, 3.8) is 0 Å². The molecule has 0 fully saturated rings. The van der Waals surface area contributed by atoms with Gasteiger partial charge >= 0.3 is 0 Å². The van der Waals surface area contributed by atoms with Crippen LogP contribution in [-0.4, -0.2) is 21.9 Å². The fourth-order valence-corrected chi connectivity index (χ4v) is 3.07. The monoisotopic (exact) mass is 373 g/mol. The molecule has 1 heterocycles. The highest BCUT2D eigenvalue weighted by atomic mass is 35.5. The van der Waals surface area contributed by atoms with Crippen LogP contribution in [-0.2, 0) is 4.79 Å². The van der Waals surface area contributed by atoms with Gasteiger partial charge in [-0.1, -0.05) is 47.6 Å². The smallest absolute Gasteiger partial charge is 0.277 e. The highest BCUT2D eigenvalue weighted by molar-refractivity contribution is 7.99. The van der Waals surface area contributed by atoms with Crippen molar-refractivity contribution in [3.8, 4) is 11.5 Å². The summed E-state index contributed by atoms with van der Waals surface area (Å²) in [6, 6.07) is 13.1. The first-order valence-electron chi connectivity index (χ1n) is 7.61. The molecule has 0 aliphatic rings. The van der Waals surface area contributed by atoms with Crippen LogP contribution in [0.25, 0.3) is 11.5 Å². The van der Waals surface area contributed by atoms with E-state index >= 15 is 0 Å². The standard InChI is InChI=1S/C18H16ClN3O2S/c1-11-5-3-6-12(2)16(11)20-15(23)10-25-18-22-21-17(24-18)13-7-4-8-14(19)9-13/h3-9H,10H2,1-2H3,(H,20,23). The first kappa shape index (κ1) is 17.5. The van der Waals surface area contributed by atoms with Crippen LogP contribution in [0, 0.1) is 13.8 Å². The molecule has 1 aromatic heterocycles. The van der Waals surface area contributed by atoms with E-state index in [9.17, 15) is 4.79 Å². The van der Waals surface area contributed by atoms with E-state index in [1.54, 1.807) is 12.1 Å². The minimum Gasteiger partial charge on any atom is -0.411 e. The first-order valence-corrected chi connectivity index (χ1v) is 8.97. The predicted octanol–water partition coefficient (Wildman–Crippen LogP) is 4.74. The van der Waals surface area contributed by atoms with Gasteiger partial charge in [-0.2, -0.15) is 0 Å². The number of halogens is 1. The number of rotatable bonds is 5. The fraction of sp³-hybridized carbons (Fsp3) is 0.167. The molecule has 0 unspecified atom stereocenters. The first-order chi connectivity index (χ1) is 12.0. The van der Waals surface area contributed by atoms with E-state index in [2.05, 4.69) is 15.5 Å². The Morgan fingerprint density at radius 1 is 1.16 bits per heavy atom. The third-order valence-corrected chi connectivity index (χ3v) is 4.60.